The molecular weight excluding hydrogens is 272 g/mol. The van der Waals surface area contributed by atoms with Crippen molar-refractivity contribution in [3.63, 3.8) is 0 Å². The van der Waals surface area contributed by atoms with Crippen LogP contribution in [0.15, 0.2) is 29.2 Å². The molecule has 0 aliphatic carbocycles. The lowest BCUT2D eigenvalue weighted by atomic mass is 10.2. The molecule has 1 N–H and O–H groups in total. The van der Waals surface area contributed by atoms with Crippen LogP contribution in [0.1, 0.15) is 26.2 Å². The number of nitrogens with zero attached hydrogens (tertiary/aromatic N) is 1. The van der Waals surface area contributed by atoms with Crippen molar-refractivity contribution in [1.29, 1.82) is 0 Å². The second kappa shape index (κ2) is 6.59. The first-order valence-electron chi connectivity index (χ1n) is 7.33. The molecule has 1 saturated heterocycles. The van der Waals surface area contributed by atoms with E-state index in [9.17, 15) is 8.42 Å². The fourth-order valence-electron chi connectivity index (χ4n) is 2.94. The second-order valence-electron chi connectivity index (χ2n) is 5.33. The molecule has 0 amide bonds. The molecule has 1 unspecified atom stereocenters. The number of rotatable bonds is 6. The highest BCUT2D eigenvalue weighted by atomic mass is 32.2. The van der Waals surface area contributed by atoms with E-state index in [0.717, 1.165) is 31.6 Å². The molecule has 2 rings (SSSR count). The zero-order chi connectivity index (χ0) is 14.6. The van der Waals surface area contributed by atoms with E-state index in [2.05, 4.69) is 10.2 Å². The molecule has 4 nitrogen and oxygen atoms in total. The van der Waals surface area contributed by atoms with Crippen LogP contribution in [0.2, 0.25) is 0 Å². The van der Waals surface area contributed by atoms with Crippen LogP contribution in [-0.4, -0.2) is 40.3 Å². The van der Waals surface area contributed by atoms with E-state index < -0.39 is 9.84 Å². The van der Waals surface area contributed by atoms with Crippen LogP contribution in [0.4, 0.5) is 5.69 Å². The number of anilines is 1. The smallest absolute Gasteiger partial charge is 0.180 e. The molecule has 1 atom stereocenters. The van der Waals surface area contributed by atoms with Crippen LogP contribution in [0.5, 0.6) is 0 Å². The molecule has 1 heterocycles. The predicted molar refractivity (Wildman–Crippen MR) is 83.1 cm³/mol. The van der Waals surface area contributed by atoms with E-state index in [-0.39, 0.29) is 5.75 Å². The lowest BCUT2D eigenvalue weighted by Crippen LogP contribution is -2.37. The lowest BCUT2D eigenvalue weighted by molar-refractivity contribution is 0.591. The summed E-state index contributed by atoms with van der Waals surface area (Å²) in [5.41, 5.74) is 0.874. The van der Waals surface area contributed by atoms with Gasteiger partial charge < -0.3 is 10.2 Å². The minimum atomic E-state index is -3.18. The van der Waals surface area contributed by atoms with Crippen molar-refractivity contribution in [2.24, 2.45) is 0 Å². The van der Waals surface area contributed by atoms with E-state index in [1.807, 2.05) is 32.2 Å². The van der Waals surface area contributed by atoms with E-state index in [0.29, 0.717) is 17.4 Å². The molecule has 0 spiro atoms. The Morgan fingerprint density at radius 3 is 2.80 bits per heavy atom. The summed E-state index contributed by atoms with van der Waals surface area (Å²) >= 11 is 0. The Morgan fingerprint density at radius 1 is 1.35 bits per heavy atom. The van der Waals surface area contributed by atoms with Crippen LogP contribution >= 0.6 is 0 Å². The van der Waals surface area contributed by atoms with Gasteiger partial charge in [-0.3, -0.25) is 0 Å². The van der Waals surface area contributed by atoms with Crippen molar-refractivity contribution in [3.05, 3.63) is 24.3 Å². The Bertz CT molecular complexity index is 543. The summed E-state index contributed by atoms with van der Waals surface area (Å²) in [4.78, 5) is 2.74. The standard InChI is InChI=1S/C15H24N2O2S/c1-3-11-20(18,19)15-9-5-4-8-14(15)17-10-6-7-13(17)12-16-2/h4-5,8-9,13,16H,3,6-7,10-12H2,1-2H3. The maximum absolute atomic E-state index is 12.4. The molecule has 112 valence electrons. The SMILES string of the molecule is CCCS(=O)(=O)c1ccccc1N1CCCC1CNC. The van der Waals surface area contributed by atoms with Gasteiger partial charge in [-0.25, -0.2) is 8.42 Å². The first-order chi connectivity index (χ1) is 9.60. The average molecular weight is 296 g/mol. The van der Waals surface area contributed by atoms with Gasteiger partial charge in [-0.05, 0) is 38.4 Å². The van der Waals surface area contributed by atoms with Crippen LogP contribution < -0.4 is 10.2 Å². The lowest BCUT2D eigenvalue weighted by Gasteiger charge is -2.28. The zero-order valence-electron chi connectivity index (χ0n) is 12.3. The number of hydrogen-bond acceptors (Lipinski definition) is 4. The van der Waals surface area contributed by atoms with Crippen molar-refractivity contribution < 1.29 is 8.42 Å². The molecule has 1 aromatic carbocycles. The third-order valence-corrected chi connectivity index (χ3v) is 5.76. The molecule has 5 heteroatoms. The summed E-state index contributed by atoms with van der Waals surface area (Å²) < 4.78 is 24.9. The minimum Gasteiger partial charge on any atom is -0.366 e. The molecule has 0 bridgehead atoms. The summed E-state index contributed by atoms with van der Waals surface area (Å²) in [6.45, 7) is 3.73. The van der Waals surface area contributed by atoms with Gasteiger partial charge in [0.25, 0.3) is 0 Å². The average Bonchev–Trinajstić information content (AvgIpc) is 2.87. The van der Waals surface area contributed by atoms with Gasteiger partial charge in [0.1, 0.15) is 0 Å². The van der Waals surface area contributed by atoms with E-state index in [1.165, 1.54) is 0 Å². The molecule has 0 aromatic heterocycles. The fourth-order valence-corrected chi connectivity index (χ4v) is 4.48. The van der Waals surface area contributed by atoms with Gasteiger partial charge >= 0.3 is 0 Å². The summed E-state index contributed by atoms with van der Waals surface area (Å²) in [5, 5.41) is 3.20. The number of nitrogens with one attached hydrogen (secondary N) is 1. The quantitative estimate of drug-likeness (QED) is 0.873. The van der Waals surface area contributed by atoms with Gasteiger partial charge in [-0.2, -0.15) is 0 Å². The van der Waals surface area contributed by atoms with Gasteiger partial charge in [0, 0.05) is 19.1 Å². The molecule has 20 heavy (non-hydrogen) atoms. The first kappa shape index (κ1) is 15.3. The van der Waals surface area contributed by atoms with E-state index in [1.54, 1.807) is 6.07 Å². The highest BCUT2D eigenvalue weighted by Gasteiger charge is 2.28. The Labute approximate surface area is 122 Å². The molecule has 1 aliphatic rings. The Morgan fingerprint density at radius 2 is 2.10 bits per heavy atom. The Hall–Kier alpha value is -1.07. The highest BCUT2D eigenvalue weighted by Crippen LogP contribution is 2.31. The number of para-hydroxylation sites is 1. The topological polar surface area (TPSA) is 49.4 Å². The van der Waals surface area contributed by atoms with Crippen LogP contribution in [0.3, 0.4) is 0 Å². The largest absolute Gasteiger partial charge is 0.366 e. The van der Waals surface area contributed by atoms with Gasteiger partial charge in [0.2, 0.25) is 0 Å². The van der Waals surface area contributed by atoms with Crippen molar-refractivity contribution in [1.82, 2.24) is 5.32 Å². The maximum atomic E-state index is 12.4. The highest BCUT2D eigenvalue weighted by molar-refractivity contribution is 7.91. The molecule has 0 radical (unpaired) electrons. The second-order valence-corrected chi connectivity index (χ2v) is 7.41. The van der Waals surface area contributed by atoms with Crippen LogP contribution in [0.25, 0.3) is 0 Å². The molecule has 1 aromatic rings. The summed E-state index contributed by atoms with van der Waals surface area (Å²) in [7, 11) is -1.24. The number of likely N-dealkylation sites (N-methyl/N-ethyl adjacent to an activating group) is 1. The fraction of sp³-hybridized carbons (Fsp3) is 0.600. The zero-order valence-corrected chi connectivity index (χ0v) is 13.1. The van der Waals surface area contributed by atoms with E-state index in [4.69, 9.17) is 0 Å². The Balaban J connectivity index is 2.37. The number of hydrogen-bond donors (Lipinski definition) is 1. The molecule has 1 aliphatic heterocycles. The third-order valence-electron chi connectivity index (χ3n) is 3.80. The van der Waals surface area contributed by atoms with Gasteiger partial charge in [0.05, 0.1) is 16.3 Å². The summed E-state index contributed by atoms with van der Waals surface area (Å²) in [6, 6.07) is 7.81. The van der Waals surface area contributed by atoms with Gasteiger partial charge in [-0.15, -0.1) is 0 Å². The molecular formula is C15H24N2O2S. The molecule has 1 fully saturated rings. The van der Waals surface area contributed by atoms with Crippen LogP contribution in [-0.2, 0) is 9.84 Å². The van der Waals surface area contributed by atoms with Gasteiger partial charge in [-0.1, -0.05) is 19.1 Å². The van der Waals surface area contributed by atoms with Gasteiger partial charge in [0.15, 0.2) is 9.84 Å². The third kappa shape index (κ3) is 3.15. The van der Waals surface area contributed by atoms with Crippen molar-refractivity contribution in [2.45, 2.75) is 37.1 Å². The normalized spacial score (nSPS) is 19.5. The van der Waals surface area contributed by atoms with Crippen molar-refractivity contribution in [2.75, 3.05) is 30.8 Å². The van der Waals surface area contributed by atoms with Crippen LogP contribution in [0, 0.1) is 0 Å². The molecule has 0 saturated carbocycles. The first-order valence-corrected chi connectivity index (χ1v) is 8.98. The number of benzene rings is 1. The van der Waals surface area contributed by atoms with Crippen molar-refractivity contribution >= 4 is 15.5 Å². The summed E-state index contributed by atoms with van der Waals surface area (Å²) in [5.74, 6) is 0.217. The number of sulfone groups is 1. The van der Waals surface area contributed by atoms with E-state index >= 15 is 0 Å². The summed E-state index contributed by atoms with van der Waals surface area (Å²) in [6.07, 6.45) is 2.88. The maximum Gasteiger partial charge on any atom is 0.180 e. The minimum absolute atomic E-state index is 0.217. The Kier molecular flexibility index (Phi) is 5.05. The van der Waals surface area contributed by atoms with Crippen molar-refractivity contribution in [3.8, 4) is 0 Å². The monoisotopic (exact) mass is 296 g/mol. The predicted octanol–water partition coefficient (Wildman–Crippen LogP) is 2.06.